The Morgan fingerprint density at radius 3 is 2.86 bits per heavy atom. The number of ether oxygens (including phenoxy) is 1. The van der Waals surface area contributed by atoms with Crippen LogP contribution >= 0.6 is 23.2 Å². The number of carbonyl (C=O) groups excluding carboxylic acids is 1. The van der Waals surface area contributed by atoms with E-state index in [4.69, 9.17) is 27.9 Å². The molecule has 2 rings (SSSR count). The number of nitrogens with zero attached hydrogens (tertiary/aromatic N) is 2. The summed E-state index contributed by atoms with van der Waals surface area (Å²) in [6.45, 7) is 1.57. The normalized spacial score (nSPS) is 11.1. The summed E-state index contributed by atoms with van der Waals surface area (Å²) in [6, 6.07) is 8.42. The third-order valence-electron chi connectivity index (χ3n) is 2.68. The molecule has 1 aromatic heterocycles. The lowest BCUT2D eigenvalue weighted by atomic mass is 10.2. The minimum atomic E-state index is -0.394. The molecule has 0 aliphatic heterocycles. The van der Waals surface area contributed by atoms with Crippen LogP contribution in [0.25, 0.3) is 0 Å². The number of hydrogen-bond donors (Lipinski definition) is 1. The maximum atomic E-state index is 11.7. The molecule has 0 atom stereocenters. The molecule has 0 fully saturated rings. The van der Waals surface area contributed by atoms with Crippen LogP contribution in [0.1, 0.15) is 12.5 Å². The van der Waals surface area contributed by atoms with E-state index in [2.05, 4.69) is 15.5 Å². The summed E-state index contributed by atoms with van der Waals surface area (Å²) in [5.74, 6) is -0.0107. The molecule has 0 saturated heterocycles. The number of nitrogens with one attached hydrogen (secondary N) is 1. The molecule has 0 saturated carbocycles. The minimum absolute atomic E-state index is 0.203. The SMILES string of the molecule is C/C(=N/NC(=O)COc1ccc(Cl)cc1Cl)c1cccnc1. The summed E-state index contributed by atoms with van der Waals surface area (Å²) in [4.78, 5) is 15.7. The number of rotatable bonds is 5. The highest BCUT2D eigenvalue weighted by Gasteiger charge is 2.06. The summed E-state index contributed by atoms with van der Waals surface area (Å²) in [6.07, 6.45) is 3.33. The Kier molecular flexibility index (Phi) is 5.75. The van der Waals surface area contributed by atoms with E-state index in [9.17, 15) is 4.79 Å². The van der Waals surface area contributed by atoms with Gasteiger partial charge in [-0.1, -0.05) is 29.3 Å². The van der Waals surface area contributed by atoms with Crippen molar-refractivity contribution in [2.45, 2.75) is 6.92 Å². The number of carbonyl (C=O) groups is 1. The number of hydrazone groups is 1. The number of benzene rings is 1. The van der Waals surface area contributed by atoms with Crippen LogP contribution in [0, 0.1) is 0 Å². The standard InChI is InChI=1S/C15H13Cl2N3O2/c1-10(11-3-2-6-18-8-11)19-20-15(21)9-22-14-5-4-12(16)7-13(14)17/h2-8H,9H2,1H3,(H,20,21)/b19-10-. The van der Waals surface area contributed by atoms with Crippen LogP contribution in [0.4, 0.5) is 0 Å². The molecule has 1 N–H and O–H groups in total. The largest absolute Gasteiger partial charge is 0.482 e. The maximum absolute atomic E-state index is 11.7. The third kappa shape index (κ3) is 4.72. The number of aromatic nitrogens is 1. The molecule has 1 heterocycles. The Balaban J connectivity index is 1.88. The van der Waals surface area contributed by atoms with E-state index in [0.29, 0.717) is 21.5 Å². The Morgan fingerprint density at radius 2 is 2.18 bits per heavy atom. The first-order valence-electron chi connectivity index (χ1n) is 6.37. The van der Waals surface area contributed by atoms with Crippen LogP contribution in [-0.4, -0.2) is 23.2 Å². The molecule has 114 valence electrons. The minimum Gasteiger partial charge on any atom is -0.482 e. The summed E-state index contributed by atoms with van der Waals surface area (Å²) in [5.41, 5.74) is 3.88. The molecule has 0 aliphatic carbocycles. The zero-order valence-corrected chi connectivity index (χ0v) is 13.2. The lowest BCUT2D eigenvalue weighted by Gasteiger charge is -2.07. The fourth-order valence-corrected chi connectivity index (χ4v) is 2.02. The van der Waals surface area contributed by atoms with Crippen molar-refractivity contribution < 1.29 is 9.53 Å². The van der Waals surface area contributed by atoms with Crippen LogP contribution in [0.3, 0.4) is 0 Å². The van der Waals surface area contributed by atoms with Crippen molar-refractivity contribution in [2.24, 2.45) is 5.10 Å². The molecule has 0 unspecified atom stereocenters. The first-order chi connectivity index (χ1) is 10.6. The Hall–Kier alpha value is -2.11. The summed E-state index contributed by atoms with van der Waals surface area (Å²) in [7, 11) is 0. The molecule has 5 nitrogen and oxygen atoms in total. The van der Waals surface area contributed by atoms with Gasteiger partial charge in [0.25, 0.3) is 5.91 Å². The quantitative estimate of drug-likeness (QED) is 0.672. The van der Waals surface area contributed by atoms with Gasteiger partial charge < -0.3 is 4.74 Å². The van der Waals surface area contributed by atoms with Gasteiger partial charge in [0.2, 0.25) is 0 Å². The zero-order valence-electron chi connectivity index (χ0n) is 11.7. The fourth-order valence-electron chi connectivity index (χ4n) is 1.56. The Labute approximate surface area is 137 Å². The molecule has 0 spiro atoms. The molecule has 2 aromatic rings. The first kappa shape index (κ1) is 16.3. The van der Waals surface area contributed by atoms with E-state index < -0.39 is 5.91 Å². The van der Waals surface area contributed by atoms with E-state index in [1.165, 1.54) is 0 Å². The second-order valence-corrected chi connectivity index (χ2v) is 5.18. The van der Waals surface area contributed by atoms with Crippen molar-refractivity contribution in [3.05, 3.63) is 58.3 Å². The number of pyridine rings is 1. The van der Waals surface area contributed by atoms with E-state index in [1.807, 2.05) is 6.07 Å². The lowest BCUT2D eigenvalue weighted by molar-refractivity contribution is -0.123. The van der Waals surface area contributed by atoms with E-state index >= 15 is 0 Å². The number of amides is 1. The maximum Gasteiger partial charge on any atom is 0.277 e. The topological polar surface area (TPSA) is 63.6 Å². The van der Waals surface area contributed by atoms with E-state index in [1.54, 1.807) is 43.6 Å². The average molecular weight is 338 g/mol. The molecule has 0 bridgehead atoms. The zero-order chi connectivity index (χ0) is 15.9. The van der Waals surface area contributed by atoms with Crippen molar-refractivity contribution in [1.82, 2.24) is 10.4 Å². The highest BCUT2D eigenvalue weighted by Crippen LogP contribution is 2.27. The van der Waals surface area contributed by atoms with Gasteiger partial charge in [0.05, 0.1) is 10.7 Å². The van der Waals surface area contributed by atoms with Crippen LogP contribution in [-0.2, 0) is 4.79 Å². The molecule has 1 amide bonds. The van der Waals surface area contributed by atoms with Gasteiger partial charge in [-0.15, -0.1) is 0 Å². The van der Waals surface area contributed by atoms with Crippen LogP contribution < -0.4 is 10.2 Å². The second-order valence-electron chi connectivity index (χ2n) is 4.34. The Morgan fingerprint density at radius 1 is 1.36 bits per heavy atom. The first-order valence-corrected chi connectivity index (χ1v) is 7.13. The molecule has 0 radical (unpaired) electrons. The fraction of sp³-hybridized carbons (Fsp3) is 0.133. The summed E-state index contributed by atoms with van der Waals surface area (Å²) in [5, 5.41) is 4.83. The van der Waals surface area contributed by atoms with Gasteiger partial charge in [0.1, 0.15) is 5.75 Å². The lowest BCUT2D eigenvalue weighted by Crippen LogP contribution is -2.25. The predicted molar refractivity (Wildman–Crippen MR) is 86.5 cm³/mol. The molecule has 7 heteroatoms. The van der Waals surface area contributed by atoms with E-state index in [-0.39, 0.29) is 6.61 Å². The van der Waals surface area contributed by atoms with Gasteiger partial charge in [-0.2, -0.15) is 5.10 Å². The number of hydrogen-bond acceptors (Lipinski definition) is 4. The van der Waals surface area contributed by atoms with Gasteiger partial charge in [-0.05, 0) is 31.2 Å². The van der Waals surface area contributed by atoms with Crippen LogP contribution in [0.15, 0.2) is 47.8 Å². The molecule has 1 aromatic carbocycles. The van der Waals surface area contributed by atoms with Gasteiger partial charge in [0.15, 0.2) is 6.61 Å². The van der Waals surface area contributed by atoms with Crippen LogP contribution in [0.5, 0.6) is 5.75 Å². The Bertz CT molecular complexity index is 690. The highest BCUT2D eigenvalue weighted by molar-refractivity contribution is 6.35. The van der Waals surface area contributed by atoms with Crippen molar-refractivity contribution in [3.8, 4) is 5.75 Å². The van der Waals surface area contributed by atoms with Gasteiger partial charge in [-0.3, -0.25) is 9.78 Å². The molecule has 0 aliphatic rings. The van der Waals surface area contributed by atoms with Gasteiger partial charge >= 0.3 is 0 Å². The predicted octanol–water partition coefficient (Wildman–Crippen LogP) is 3.31. The van der Waals surface area contributed by atoms with Crippen molar-refractivity contribution in [3.63, 3.8) is 0 Å². The van der Waals surface area contributed by atoms with Crippen LogP contribution in [0.2, 0.25) is 10.0 Å². The summed E-state index contributed by atoms with van der Waals surface area (Å²) < 4.78 is 5.31. The summed E-state index contributed by atoms with van der Waals surface area (Å²) >= 11 is 11.7. The third-order valence-corrected chi connectivity index (χ3v) is 3.21. The van der Waals surface area contributed by atoms with Gasteiger partial charge in [-0.25, -0.2) is 5.43 Å². The molecule has 22 heavy (non-hydrogen) atoms. The monoisotopic (exact) mass is 337 g/mol. The van der Waals surface area contributed by atoms with Gasteiger partial charge in [0, 0.05) is 23.0 Å². The molecular weight excluding hydrogens is 325 g/mol. The highest BCUT2D eigenvalue weighted by atomic mass is 35.5. The second kappa shape index (κ2) is 7.77. The number of halogens is 2. The van der Waals surface area contributed by atoms with E-state index in [0.717, 1.165) is 5.56 Å². The molecular formula is C15H13Cl2N3O2. The smallest absolute Gasteiger partial charge is 0.277 e. The average Bonchev–Trinajstić information content (AvgIpc) is 2.52. The van der Waals surface area contributed by atoms with Crippen molar-refractivity contribution in [2.75, 3.05) is 6.61 Å². The van der Waals surface area contributed by atoms with Crippen molar-refractivity contribution in [1.29, 1.82) is 0 Å². The van der Waals surface area contributed by atoms with Crippen molar-refractivity contribution >= 4 is 34.8 Å².